The molecule has 9 nitrogen and oxygen atoms in total. The second-order valence-corrected chi connectivity index (χ2v) is 7.88. The van der Waals surface area contributed by atoms with E-state index >= 15 is 0 Å². The van der Waals surface area contributed by atoms with Crippen molar-refractivity contribution in [2.45, 2.75) is 25.3 Å². The fourth-order valence-electron chi connectivity index (χ4n) is 3.50. The van der Waals surface area contributed by atoms with Gasteiger partial charge in [0.2, 0.25) is 17.7 Å². The lowest BCUT2D eigenvalue weighted by atomic mass is 10.2. The zero-order valence-corrected chi connectivity index (χ0v) is 18.6. The van der Waals surface area contributed by atoms with Gasteiger partial charge in [0.1, 0.15) is 11.0 Å². The van der Waals surface area contributed by atoms with Crippen LogP contribution in [0.5, 0.6) is 11.5 Å². The van der Waals surface area contributed by atoms with Crippen molar-refractivity contribution in [2.24, 2.45) is 0 Å². The van der Waals surface area contributed by atoms with Crippen LogP contribution in [-0.4, -0.2) is 68.0 Å². The Morgan fingerprint density at radius 2 is 2.00 bits per heavy atom. The third-order valence-corrected chi connectivity index (χ3v) is 6.02. The molecule has 1 saturated heterocycles. The molecule has 1 aliphatic rings. The predicted molar refractivity (Wildman–Crippen MR) is 116 cm³/mol. The molecule has 1 aromatic carbocycles. The second kappa shape index (κ2) is 10.3. The van der Waals surface area contributed by atoms with E-state index in [0.717, 1.165) is 17.0 Å². The average Bonchev–Trinajstić information content (AvgIpc) is 3.46. The maximum Gasteiger partial charge on any atom is 0.242 e. The van der Waals surface area contributed by atoms with Crippen LogP contribution in [0.4, 0.5) is 0 Å². The van der Waals surface area contributed by atoms with Crippen molar-refractivity contribution in [3.05, 3.63) is 29.3 Å². The van der Waals surface area contributed by atoms with Crippen LogP contribution in [0, 0.1) is 0 Å². The van der Waals surface area contributed by atoms with E-state index in [1.165, 1.54) is 16.2 Å². The summed E-state index contributed by atoms with van der Waals surface area (Å²) in [5, 5.41) is 7.78. The van der Waals surface area contributed by atoms with Crippen molar-refractivity contribution >= 4 is 29.1 Å². The molecule has 0 bridgehead atoms. The number of thiazole rings is 1. The molecule has 1 aliphatic heterocycles. The van der Waals surface area contributed by atoms with Crippen molar-refractivity contribution in [1.82, 2.24) is 20.5 Å². The van der Waals surface area contributed by atoms with Crippen molar-refractivity contribution < 1.29 is 23.9 Å². The summed E-state index contributed by atoms with van der Waals surface area (Å²) in [6.45, 7) is 0.382. The third kappa shape index (κ3) is 5.32. The van der Waals surface area contributed by atoms with Crippen LogP contribution in [0.3, 0.4) is 0 Å². The van der Waals surface area contributed by atoms with Gasteiger partial charge in [-0.2, -0.15) is 0 Å². The maximum absolute atomic E-state index is 12.4. The number of rotatable bonds is 8. The fourth-order valence-corrected chi connectivity index (χ4v) is 4.31. The lowest BCUT2D eigenvalue weighted by Crippen LogP contribution is -2.48. The normalized spacial score (nSPS) is 15.5. The number of hydrogen-bond donors (Lipinski definition) is 2. The molecule has 166 valence electrons. The molecule has 31 heavy (non-hydrogen) atoms. The minimum atomic E-state index is -0.461. The number of likely N-dealkylation sites (tertiary alicyclic amines) is 1. The van der Waals surface area contributed by atoms with E-state index in [4.69, 9.17) is 9.47 Å². The van der Waals surface area contributed by atoms with Crippen molar-refractivity contribution in [1.29, 1.82) is 0 Å². The van der Waals surface area contributed by atoms with Crippen LogP contribution in [0.25, 0.3) is 10.6 Å². The maximum atomic E-state index is 12.4. The first-order valence-corrected chi connectivity index (χ1v) is 10.8. The first-order valence-electron chi connectivity index (χ1n) is 9.91. The van der Waals surface area contributed by atoms with Gasteiger partial charge in [-0.15, -0.1) is 11.3 Å². The molecule has 1 fully saturated rings. The Hall–Kier alpha value is -3.14. The van der Waals surface area contributed by atoms with Crippen molar-refractivity contribution in [3.63, 3.8) is 0 Å². The monoisotopic (exact) mass is 446 g/mol. The molecule has 1 aromatic heterocycles. The van der Waals surface area contributed by atoms with Crippen LogP contribution in [0.15, 0.2) is 23.6 Å². The van der Waals surface area contributed by atoms with E-state index in [-0.39, 0.29) is 30.7 Å². The summed E-state index contributed by atoms with van der Waals surface area (Å²) in [6.07, 6.45) is 1.47. The van der Waals surface area contributed by atoms with Crippen LogP contribution in [-0.2, 0) is 20.8 Å². The minimum absolute atomic E-state index is 0.0654. The number of nitrogens with one attached hydrogen (secondary N) is 2. The average molecular weight is 447 g/mol. The molecule has 0 radical (unpaired) electrons. The standard InChI is InChI=1S/C21H26N4O5S/c1-22-20(28)15-5-4-8-25(15)19(27)11-23-18(26)10-14-12-31-21(24-14)13-6-7-16(29-2)17(9-13)30-3/h6-7,9,12,15H,4-5,8,10-11H2,1-3H3,(H,22,28)(H,23,26). The summed E-state index contributed by atoms with van der Waals surface area (Å²) in [5.74, 6) is 0.494. The summed E-state index contributed by atoms with van der Waals surface area (Å²) in [4.78, 5) is 42.7. The van der Waals surface area contributed by atoms with E-state index in [9.17, 15) is 14.4 Å². The van der Waals surface area contributed by atoms with E-state index in [0.29, 0.717) is 30.2 Å². The van der Waals surface area contributed by atoms with Gasteiger partial charge in [-0.05, 0) is 31.0 Å². The van der Waals surface area contributed by atoms with Gasteiger partial charge in [0.15, 0.2) is 11.5 Å². The lowest BCUT2D eigenvalue weighted by Gasteiger charge is -2.23. The van der Waals surface area contributed by atoms with Gasteiger partial charge in [0.25, 0.3) is 0 Å². The van der Waals surface area contributed by atoms with Crippen LogP contribution in [0.1, 0.15) is 18.5 Å². The number of carbonyl (C=O) groups is 3. The number of likely N-dealkylation sites (N-methyl/N-ethyl adjacent to an activating group) is 1. The number of nitrogens with zero attached hydrogens (tertiary/aromatic N) is 2. The molecular formula is C21H26N4O5S. The van der Waals surface area contributed by atoms with Crippen molar-refractivity contribution in [2.75, 3.05) is 34.4 Å². The molecule has 0 saturated carbocycles. The first-order chi connectivity index (χ1) is 15.0. The Balaban J connectivity index is 1.55. The Morgan fingerprint density at radius 1 is 1.23 bits per heavy atom. The molecule has 2 aromatic rings. The number of methoxy groups -OCH3 is 2. The van der Waals surface area contributed by atoms with Gasteiger partial charge < -0.3 is 25.0 Å². The Labute approximate surface area is 184 Å². The second-order valence-electron chi connectivity index (χ2n) is 7.03. The van der Waals surface area contributed by atoms with Gasteiger partial charge in [-0.1, -0.05) is 0 Å². The molecule has 2 N–H and O–H groups in total. The Kier molecular flexibility index (Phi) is 7.45. The van der Waals surface area contributed by atoms with E-state index in [1.54, 1.807) is 27.3 Å². The molecule has 0 aliphatic carbocycles. The van der Waals surface area contributed by atoms with Gasteiger partial charge in [0, 0.05) is 24.5 Å². The summed E-state index contributed by atoms with van der Waals surface area (Å²) >= 11 is 1.42. The highest BCUT2D eigenvalue weighted by Gasteiger charge is 2.33. The van der Waals surface area contributed by atoms with Gasteiger partial charge in [-0.3, -0.25) is 14.4 Å². The third-order valence-electron chi connectivity index (χ3n) is 5.08. The molecule has 10 heteroatoms. The smallest absolute Gasteiger partial charge is 0.242 e. The number of amides is 3. The Morgan fingerprint density at radius 3 is 2.71 bits per heavy atom. The van der Waals surface area contributed by atoms with Crippen molar-refractivity contribution in [3.8, 4) is 22.1 Å². The number of ether oxygens (including phenoxy) is 2. The van der Waals surface area contributed by atoms with E-state index < -0.39 is 6.04 Å². The number of carbonyl (C=O) groups excluding carboxylic acids is 3. The summed E-state index contributed by atoms with van der Waals surface area (Å²) in [5.41, 5.74) is 1.47. The molecular weight excluding hydrogens is 420 g/mol. The highest BCUT2D eigenvalue weighted by atomic mass is 32.1. The zero-order chi connectivity index (χ0) is 22.4. The topological polar surface area (TPSA) is 110 Å². The largest absolute Gasteiger partial charge is 0.493 e. The minimum Gasteiger partial charge on any atom is -0.493 e. The zero-order valence-electron chi connectivity index (χ0n) is 17.8. The molecule has 0 spiro atoms. The lowest BCUT2D eigenvalue weighted by molar-refractivity contribution is -0.138. The molecule has 3 rings (SSSR count). The SMILES string of the molecule is CNC(=O)C1CCCN1C(=O)CNC(=O)Cc1csc(-c2ccc(OC)c(OC)c2)n1. The first kappa shape index (κ1) is 22.5. The highest BCUT2D eigenvalue weighted by molar-refractivity contribution is 7.13. The van der Waals surface area contributed by atoms with Gasteiger partial charge in [-0.25, -0.2) is 4.98 Å². The summed E-state index contributed by atoms with van der Waals surface area (Å²) < 4.78 is 10.6. The molecule has 3 amide bonds. The van der Waals surface area contributed by atoms with Crippen LogP contribution < -0.4 is 20.1 Å². The predicted octanol–water partition coefficient (Wildman–Crippen LogP) is 1.22. The summed E-state index contributed by atoms with van der Waals surface area (Å²) in [6, 6.07) is 5.05. The number of aromatic nitrogens is 1. The quantitative estimate of drug-likeness (QED) is 0.631. The van der Waals surface area contributed by atoms with Crippen LogP contribution >= 0.6 is 11.3 Å². The number of hydrogen-bond acceptors (Lipinski definition) is 7. The van der Waals surface area contributed by atoms with Crippen LogP contribution in [0.2, 0.25) is 0 Å². The summed E-state index contributed by atoms with van der Waals surface area (Å²) in [7, 11) is 4.69. The van der Waals surface area contributed by atoms with Gasteiger partial charge >= 0.3 is 0 Å². The van der Waals surface area contributed by atoms with E-state index in [1.807, 2.05) is 17.5 Å². The number of benzene rings is 1. The molecule has 1 unspecified atom stereocenters. The van der Waals surface area contributed by atoms with Gasteiger partial charge in [0.05, 0.1) is 32.9 Å². The highest BCUT2D eigenvalue weighted by Crippen LogP contribution is 2.33. The fraction of sp³-hybridized carbons (Fsp3) is 0.429. The molecule has 1 atom stereocenters. The van der Waals surface area contributed by atoms with E-state index in [2.05, 4.69) is 15.6 Å². The Bertz CT molecular complexity index is 961. The molecule has 2 heterocycles.